The first kappa shape index (κ1) is 72.9. The van der Waals surface area contributed by atoms with E-state index in [0.29, 0.717) is 74.0 Å². The van der Waals surface area contributed by atoms with Gasteiger partial charge in [-0.05, 0) is 298 Å². The van der Waals surface area contributed by atoms with Gasteiger partial charge in [0.1, 0.15) is 36.0 Å². The van der Waals surface area contributed by atoms with Gasteiger partial charge in [-0.1, -0.05) is 70.1 Å². The lowest BCUT2D eigenvalue weighted by atomic mass is 9.44. The standard InChI is InChI=1S/2C25H39N3O3.C22H35BrO2.C3H5N3O.CH4/c1-23(31)10-11-24(2)16(12-23)4-5-18-19-6-7-21(25(19,3)9-8-20(18)24)22(30)14-28-13-17(15-29)26-27-28;1-23(31)10-11-24(2)16(12-23)4-5-18-19-6-7-21(25(19,3)9-8-20(18)24)22(30)14-28-26-13-17(15-29)27-28;1-20(25)10-11-21(2)14(12-20)4-5-15-16-6-7-18(19(24)13-23)22(16,3)9-8-17(15)21;7-2-3-1-4-6-5-3;/h2*13,16,18-21,29,31H,4-12,14-15H2,1-3H3;14-18,25H,4-13H2,1-3H3;1,7H,2H2,(H,4,5,6);1H4/t2*16-,18+,19+,20+,21-,23-,24+,25+;14-,15+,16+,17+,18-,20-,21+,22+;;/m111../s1. The first-order chi connectivity index (χ1) is 44.5. The number of Topliss-reactive ketones (excluding diaryl/α,β-unsaturated/α-hetero) is 3. The number of alkyl halides is 1. The van der Waals surface area contributed by atoms with Crippen LogP contribution in [0.4, 0.5) is 0 Å². The number of aromatic nitrogens is 9. The average molecular weight is 1390 g/mol. The highest BCUT2D eigenvalue weighted by molar-refractivity contribution is 9.09. The Morgan fingerprint density at radius 1 is 0.474 bits per heavy atom. The van der Waals surface area contributed by atoms with Crippen LogP contribution >= 0.6 is 15.9 Å². The van der Waals surface area contributed by atoms with Crippen LogP contribution < -0.4 is 0 Å². The Kier molecular flexibility index (Phi) is 21.1. The summed E-state index contributed by atoms with van der Waals surface area (Å²) in [6.45, 7) is 21.1. The van der Waals surface area contributed by atoms with Crippen molar-refractivity contribution in [2.45, 2.75) is 293 Å². The van der Waals surface area contributed by atoms with E-state index in [1.54, 1.807) is 17.1 Å². The molecular formula is C76H122BrN9O9. The summed E-state index contributed by atoms with van der Waals surface area (Å²) in [4.78, 5) is 40.6. The number of aromatic amines is 1. The molecule has 0 aromatic carbocycles. The number of hydrogen-bond donors (Lipinski definition) is 7. The molecule has 3 aromatic heterocycles. The molecule has 12 aliphatic carbocycles. The first-order valence-corrected chi connectivity index (χ1v) is 38.4. The normalized spacial score (nSPS) is 45.7. The minimum atomic E-state index is -0.485. The van der Waals surface area contributed by atoms with Crippen molar-refractivity contribution in [2.75, 3.05) is 5.33 Å². The van der Waals surface area contributed by atoms with Gasteiger partial charge in [0, 0.05) is 17.8 Å². The molecule has 0 bridgehead atoms. The third-order valence-corrected chi connectivity index (χ3v) is 31.4. The minimum absolute atomic E-state index is 0. The third-order valence-electron chi connectivity index (χ3n) is 30.9. The summed E-state index contributed by atoms with van der Waals surface area (Å²) in [5, 5.41) is 84.9. The van der Waals surface area contributed by atoms with E-state index in [0.717, 1.165) is 125 Å². The zero-order chi connectivity index (χ0) is 67.2. The second-order valence-electron chi connectivity index (χ2n) is 35.8. The number of halogens is 1. The summed E-state index contributed by atoms with van der Waals surface area (Å²) in [6, 6.07) is 0. The Balaban J connectivity index is 0.000000138. The van der Waals surface area contributed by atoms with Crippen molar-refractivity contribution >= 4 is 33.3 Å². The molecule has 95 heavy (non-hydrogen) atoms. The molecule has 0 saturated heterocycles. The second-order valence-corrected chi connectivity index (χ2v) is 36.4. The van der Waals surface area contributed by atoms with E-state index >= 15 is 0 Å². The van der Waals surface area contributed by atoms with Crippen LogP contribution in [0.25, 0.3) is 0 Å². The predicted molar refractivity (Wildman–Crippen MR) is 367 cm³/mol. The molecule has 19 heteroatoms. The minimum Gasteiger partial charge on any atom is -0.390 e. The highest BCUT2D eigenvalue weighted by Gasteiger charge is 2.65. The van der Waals surface area contributed by atoms with Crippen LogP contribution in [-0.2, 0) is 47.3 Å². The van der Waals surface area contributed by atoms with Crippen LogP contribution in [-0.4, -0.2) is 116 Å². The molecule has 0 radical (unpaired) electrons. The molecule has 18 nitrogen and oxygen atoms in total. The maximum Gasteiger partial charge on any atom is 0.159 e. The number of nitrogens with one attached hydrogen (secondary N) is 1. The smallest absolute Gasteiger partial charge is 0.159 e. The molecule has 3 aromatic rings. The van der Waals surface area contributed by atoms with Crippen LogP contribution in [0.3, 0.4) is 0 Å². The Hall–Kier alpha value is -3.33. The summed E-state index contributed by atoms with van der Waals surface area (Å²) in [7, 11) is 0. The summed E-state index contributed by atoms with van der Waals surface area (Å²) >= 11 is 3.43. The second kappa shape index (κ2) is 27.6. The summed E-state index contributed by atoms with van der Waals surface area (Å²) in [5.74, 6) is 10.1. The monoisotopic (exact) mass is 1380 g/mol. The van der Waals surface area contributed by atoms with Gasteiger partial charge in [-0.3, -0.25) is 14.4 Å². The van der Waals surface area contributed by atoms with E-state index < -0.39 is 16.8 Å². The number of aliphatic hydroxyl groups excluding tert-OH is 3. The Morgan fingerprint density at radius 3 is 1.21 bits per heavy atom. The van der Waals surface area contributed by atoms with E-state index in [1.807, 2.05) is 20.8 Å². The van der Waals surface area contributed by atoms with Crippen LogP contribution in [0, 0.1) is 121 Å². The van der Waals surface area contributed by atoms with Crippen molar-refractivity contribution in [3.05, 3.63) is 35.7 Å². The van der Waals surface area contributed by atoms with Gasteiger partial charge in [-0.15, -0.1) is 5.10 Å². The van der Waals surface area contributed by atoms with Crippen LogP contribution in [0.5, 0.6) is 0 Å². The lowest BCUT2D eigenvalue weighted by Crippen LogP contribution is -2.55. The molecular weight excluding hydrogens is 1260 g/mol. The molecule has 0 unspecified atom stereocenters. The van der Waals surface area contributed by atoms with Crippen molar-refractivity contribution in [1.29, 1.82) is 0 Å². The van der Waals surface area contributed by atoms with Crippen molar-refractivity contribution in [1.82, 2.24) is 45.4 Å². The lowest BCUT2D eigenvalue weighted by Gasteiger charge is -2.61. The number of carbonyl (C=O) groups excluding carboxylic acids is 3. The summed E-state index contributed by atoms with van der Waals surface area (Å²) in [5.41, 5.74) is 1.76. The largest absolute Gasteiger partial charge is 0.390 e. The lowest BCUT2D eigenvalue weighted by molar-refractivity contribution is -0.151. The number of hydrogen-bond acceptors (Lipinski definition) is 15. The SMILES string of the molecule is C.C[C@@]1(O)CC[C@@]2(C)[C@H](CC[C@@H]3[C@@H]2CC[C@]2(C)[C@@H](C(=O)CBr)CC[C@@H]32)C1.C[C@@]1(O)CC[C@@]2(C)[C@H](CC[C@@H]3[C@@H]2CC[C@]2(C)[C@@H](C(=O)Cn4cc(CO)nn4)CC[C@@H]32)C1.C[C@@]1(O)CC[C@@]2(C)[C@H](CC[C@@H]3[C@@H]2CC[C@]2(C)[C@@H](C(=O)Cn4ncc(CO)n4)CC[C@@H]32)C1.OCc1cn[nH]n1. The molecule has 15 rings (SSSR count). The van der Waals surface area contributed by atoms with Crippen molar-refractivity contribution < 1.29 is 45.0 Å². The van der Waals surface area contributed by atoms with Gasteiger partial charge in [0.15, 0.2) is 11.6 Å². The zero-order valence-corrected chi connectivity index (χ0v) is 60.2. The Morgan fingerprint density at radius 2 is 0.863 bits per heavy atom. The molecule has 532 valence electrons. The summed E-state index contributed by atoms with van der Waals surface area (Å²) in [6.07, 6.45) is 35.6. The Bertz CT molecular complexity index is 3010. The highest BCUT2D eigenvalue weighted by atomic mass is 79.9. The number of ketones is 3. The van der Waals surface area contributed by atoms with Gasteiger partial charge in [-0.2, -0.15) is 30.4 Å². The van der Waals surface area contributed by atoms with E-state index in [-0.39, 0.29) is 85.9 Å². The van der Waals surface area contributed by atoms with Gasteiger partial charge in [0.05, 0.1) is 60.5 Å². The third kappa shape index (κ3) is 13.5. The van der Waals surface area contributed by atoms with Gasteiger partial charge in [0.2, 0.25) is 0 Å². The number of fused-ring (bicyclic) bond motifs is 15. The molecule has 12 fully saturated rings. The molecule has 12 aliphatic rings. The van der Waals surface area contributed by atoms with E-state index in [1.165, 1.54) is 101 Å². The van der Waals surface area contributed by atoms with Gasteiger partial charge < -0.3 is 30.6 Å². The fourth-order valence-electron chi connectivity index (χ4n) is 25.8. The predicted octanol–water partition coefficient (Wildman–Crippen LogP) is 12.8. The van der Waals surface area contributed by atoms with Crippen LogP contribution in [0.15, 0.2) is 18.6 Å². The van der Waals surface area contributed by atoms with Gasteiger partial charge in [-0.25, -0.2) is 4.68 Å². The first-order valence-electron chi connectivity index (χ1n) is 37.2. The fraction of sp³-hybridized carbons (Fsp3) is 0.882. The highest BCUT2D eigenvalue weighted by Crippen LogP contribution is 2.72. The molecule has 0 aliphatic heterocycles. The molecule has 7 N–H and O–H groups in total. The maximum absolute atomic E-state index is 13.3. The number of rotatable bonds is 11. The molecule has 3 heterocycles. The van der Waals surface area contributed by atoms with E-state index in [4.69, 9.17) is 5.11 Å². The van der Waals surface area contributed by atoms with Gasteiger partial charge >= 0.3 is 0 Å². The number of carbonyl (C=O) groups is 3. The van der Waals surface area contributed by atoms with E-state index in [9.17, 15) is 39.9 Å². The molecule has 0 amide bonds. The van der Waals surface area contributed by atoms with Crippen molar-refractivity contribution in [3.8, 4) is 0 Å². The number of H-pyrrole nitrogens is 1. The maximum atomic E-state index is 13.3. The molecule has 12 saturated carbocycles. The van der Waals surface area contributed by atoms with Crippen molar-refractivity contribution in [3.63, 3.8) is 0 Å². The van der Waals surface area contributed by atoms with Crippen LogP contribution in [0.1, 0.15) is 260 Å². The number of nitrogens with zero attached hydrogens (tertiary/aromatic N) is 8. The van der Waals surface area contributed by atoms with Crippen LogP contribution in [0.2, 0.25) is 0 Å². The fourth-order valence-corrected chi connectivity index (χ4v) is 26.2. The van der Waals surface area contributed by atoms with E-state index in [2.05, 4.69) is 93.4 Å². The summed E-state index contributed by atoms with van der Waals surface area (Å²) < 4.78 is 1.59. The molecule has 0 spiro atoms. The van der Waals surface area contributed by atoms with Crippen molar-refractivity contribution in [2.24, 2.45) is 121 Å². The average Bonchev–Trinajstić information content (AvgIpc) is 1.72. The van der Waals surface area contributed by atoms with Gasteiger partial charge in [0.25, 0.3) is 0 Å². The number of aliphatic hydroxyl groups is 6. The molecule has 24 atom stereocenters. The topological polar surface area (TPSA) is 276 Å². The zero-order valence-electron chi connectivity index (χ0n) is 58.6. The quantitative estimate of drug-likeness (QED) is 0.0879. The Labute approximate surface area is 575 Å².